The minimum Gasteiger partial charge on any atom is -0.475 e. The fourth-order valence-corrected chi connectivity index (χ4v) is 2.78. The summed E-state index contributed by atoms with van der Waals surface area (Å²) in [7, 11) is 0. The molecule has 2 aromatic heterocycles. The molecule has 1 atom stereocenters. The monoisotopic (exact) mass is 436 g/mol. The first-order valence-electron chi connectivity index (χ1n) is 9.39. The summed E-state index contributed by atoms with van der Waals surface area (Å²) in [5, 5.41) is 8.11. The highest BCUT2D eigenvalue weighted by atomic mass is 19.4. The lowest BCUT2D eigenvalue weighted by atomic mass is 10.1. The molecule has 0 aliphatic heterocycles. The highest BCUT2D eigenvalue weighted by molar-refractivity contribution is 6.05. The second-order valence-electron chi connectivity index (χ2n) is 6.35. The van der Waals surface area contributed by atoms with Gasteiger partial charge in [-0.3, -0.25) is 9.79 Å². The van der Waals surface area contributed by atoms with Gasteiger partial charge in [-0.1, -0.05) is 6.08 Å². The Bertz CT molecular complexity index is 937. The number of hydrogen-bond acceptors (Lipinski definition) is 6. The predicted molar refractivity (Wildman–Crippen MR) is 109 cm³/mol. The molecule has 0 fully saturated rings. The van der Waals surface area contributed by atoms with E-state index in [2.05, 4.69) is 26.9 Å². The normalized spacial score (nSPS) is 13.6. The maximum Gasteiger partial charge on any atom is 0.417 e. The van der Waals surface area contributed by atoms with Crippen molar-refractivity contribution in [3.63, 3.8) is 0 Å². The van der Waals surface area contributed by atoms with Gasteiger partial charge in [-0.25, -0.2) is 4.98 Å². The highest BCUT2D eigenvalue weighted by Crippen LogP contribution is 2.29. The Morgan fingerprint density at radius 1 is 1.35 bits per heavy atom. The third kappa shape index (κ3) is 6.00. The number of allylic oxidation sites excluding steroid dienone is 1. The van der Waals surface area contributed by atoms with Gasteiger partial charge in [-0.15, -0.1) is 0 Å². The summed E-state index contributed by atoms with van der Waals surface area (Å²) in [5.41, 5.74) is -0.204. The Labute approximate surface area is 177 Å². The number of amides is 1. The summed E-state index contributed by atoms with van der Waals surface area (Å²) in [6, 6.07) is 1.61. The van der Waals surface area contributed by atoms with E-state index in [9.17, 15) is 18.0 Å². The summed E-state index contributed by atoms with van der Waals surface area (Å²) >= 11 is 0. The van der Waals surface area contributed by atoms with Crippen molar-refractivity contribution in [3.8, 4) is 5.88 Å². The molecule has 0 radical (unpaired) electrons. The van der Waals surface area contributed by atoms with Gasteiger partial charge in [0.25, 0.3) is 5.91 Å². The molecule has 31 heavy (non-hydrogen) atoms. The van der Waals surface area contributed by atoms with E-state index >= 15 is 0 Å². The smallest absolute Gasteiger partial charge is 0.417 e. The maximum absolute atomic E-state index is 13.2. The molecule has 0 unspecified atom stereocenters. The number of aromatic nitrogens is 4. The number of rotatable bonds is 9. The summed E-state index contributed by atoms with van der Waals surface area (Å²) in [6.45, 7) is 9.09. The number of aliphatic imine (C=N–C) groups is 1. The molecule has 1 amide bonds. The van der Waals surface area contributed by atoms with Crippen LogP contribution >= 0.6 is 0 Å². The number of alkyl halides is 3. The lowest BCUT2D eigenvalue weighted by Gasteiger charge is -2.29. The fourth-order valence-electron chi connectivity index (χ4n) is 2.78. The average molecular weight is 436 g/mol. The zero-order valence-corrected chi connectivity index (χ0v) is 17.4. The van der Waals surface area contributed by atoms with Crippen molar-refractivity contribution in [3.05, 3.63) is 54.1 Å². The largest absolute Gasteiger partial charge is 0.475 e. The molecule has 0 bridgehead atoms. The van der Waals surface area contributed by atoms with Crippen LogP contribution in [0.5, 0.6) is 5.88 Å². The average Bonchev–Trinajstić information content (AvgIpc) is 3.26. The van der Waals surface area contributed by atoms with E-state index in [1.165, 1.54) is 28.3 Å². The first kappa shape index (κ1) is 23.8. The first-order valence-corrected chi connectivity index (χ1v) is 9.39. The fraction of sp³-hybridized carbons (Fsp3) is 0.350. The van der Waals surface area contributed by atoms with Gasteiger partial charge in [-0.2, -0.15) is 28.2 Å². The summed E-state index contributed by atoms with van der Waals surface area (Å²) in [6.07, 6.45) is 2.20. The lowest BCUT2D eigenvalue weighted by Crippen LogP contribution is -2.43. The Kier molecular flexibility index (Phi) is 8.06. The minimum atomic E-state index is -4.47. The molecule has 0 N–H and O–H groups in total. The van der Waals surface area contributed by atoms with Crippen LogP contribution < -0.4 is 4.74 Å². The van der Waals surface area contributed by atoms with E-state index in [0.29, 0.717) is 18.4 Å². The Morgan fingerprint density at radius 2 is 2.03 bits per heavy atom. The van der Waals surface area contributed by atoms with Crippen LogP contribution in [-0.4, -0.2) is 56.7 Å². The zero-order valence-electron chi connectivity index (χ0n) is 17.4. The van der Waals surface area contributed by atoms with Crippen molar-refractivity contribution in [1.29, 1.82) is 0 Å². The van der Waals surface area contributed by atoms with Crippen LogP contribution in [0.15, 0.2) is 53.6 Å². The molecule has 0 aliphatic carbocycles. The van der Waals surface area contributed by atoms with Gasteiger partial charge in [0.1, 0.15) is 6.61 Å². The Morgan fingerprint density at radius 3 is 2.52 bits per heavy atom. The molecule has 8 nitrogen and oxygen atoms in total. The third-order valence-corrected chi connectivity index (χ3v) is 4.30. The molecule has 11 heteroatoms. The number of halogens is 3. The van der Waals surface area contributed by atoms with Gasteiger partial charge in [0.05, 0.1) is 35.3 Å². The first-order chi connectivity index (χ1) is 14.7. The molecule has 2 aromatic rings. The van der Waals surface area contributed by atoms with E-state index in [-0.39, 0.29) is 24.0 Å². The summed E-state index contributed by atoms with van der Waals surface area (Å²) in [4.78, 5) is 23.5. The SMILES string of the molecule is C=N/C=C(C(=O)N(CC)[C@@H](C)COc1ccc(C(F)(F)F)cn1)\C(=C/C)n1nccn1. The lowest BCUT2D eigenvalue weighted by molar-refractivity contribution is -0.138. The van der Waals surface area contributed by atoms with Crippen LogP contribution in [0.2, 0.25) is 0 Å². The second-order valence-corrected chi connectivity index (χ2v) is 6.35. The number of ether oxygens (including phenoxy) is 1. The van der Waals surface area contributed by atoms with Gasteiger partial charge in [0.15, 0.2) is 0 Å². The molecule has 0 saturated heterocycles. The molecule has 0 spiro atoms. The van der Waals surface area contributed by atoms with Crippen LogP contribution in [-0.2, 0) is 11.0 Å². The van der Waals surface area contributed by atoms with Crippen LogP contribution in [0.25, 0.3) is 5.70 Å². The minimum absolute atomic E-state index is 0.0257. The van der Waals surface area contributed by atoms with Gasteiger partial charge in [0, 0.05) is 25.0 Å². The number of hydrogen-bond donors (Lipinski definition) is 0. The summed E-state index contributed by atoms with van der Waals surface area (Å²) in [5.74, 6) is -0.321. The van der Waals surface area contributed by atoms with Crippen LogP contribution in [0.3, 0.4) is 0 Å². The van der Waals surface area contributed by atoms with Crippen molar-refractivity contribution in [1.82, 2.24) is 24.9 Å². The Hall–Kier alpha value is -3.50. The van der Waals surface area contributed by atoms with Crippen molar-refractivity contribution < 1.29 is 22.7 Å². The van der Waals surface area contributed by atoms with E-state index in [1.807, 2.05) is 0 Å². The van der Waals surface area contributed by atoms with Gasteiger partial charge in [0.2, 0.25) is 5.88 Å². The standard InChI is InChI=1S/C20H23F3N6O2/c1-5-17(29-26-9-10-27-29)16(12-24-4)19(30)28(6-2)14(3)13-31-18-8-7-15(11-25-18)20(21,22)23/h5,7-12,14H,4,6,13H2,1-3H3/b16-12+,17-5+/t14-/m0/s1. The van der Waals surface area contributed by atoms with Crippen molar-refractivity contribution >= 4 is 18.3 Å². The van der Waals surface area contributed by atoms with Gasteiger partial charge in [-0.05, 0) is 33.6 Å². The number of pyridine rings is 1. The predicted octanol–water partition coefficient (Wildman–Crippen LogP) is 3.45. The van der Waals surface area contributed by atoms with E-state index in [4.69, 9.17) is 4.74 Å². The number of carbonyl (C=O) groups excluding carboxylic acids is 1. The van der Waals surface area contributed by atoms with Crippen molar-refractivity contribution in [2.45, 2.75) is 33.0 Å². The molecular formula is C20H23F3N6O2. The molecule has 0 aliphatic rings. The van der Waals surface area contributed by atoms with Crippen LogP contribution in [0, 0.1) is 0 Å². The maximum atomic E-state index is 13.2. The quantitative estimate of drug-likeness (QED) is 0.341. The van der Waals surface area contributed by atoms with E-state index < -0.39 is 17.8 Å². The topological polar surface area (TPSA) is 85.5 Å². The molecule has 166 valence electrons. The number of nitrogens with zero attached hydrogens (tertiary/aromatic N) is 6. The van der Waals surface area contributed by atoms with Crippen LogP contribution in [0.1, 0.15) is 26.3 Å². The summed E-state index contributed by atoms with van der Waals surface area (Å²) < 4.78 is 43.4. The molecule has 0 aromatic carbocycles. The van der Waals surface area contributed by atoms with Crippen molar-refractivity contribution in [2.24, 2.45) is 4.99 Å². The highest BCUT2D eigenvalue weighted by Gasteiger charge is 2.31. The zero-order chi connectivity index (χ0) is 23.0. The third-order valence-electron chi connectivity index (χ3n) is 4.30. The Balaban J connectivity index is 2.14. The second kappa shape index (κ2) is 10.5. The van der Waals surface area contributed by atoms with E-state index in [0.717, 1.165) is 12.1 Å². The molecule has 0 saturated carbocycles. The van der Waals surface area contributed by atoms with Gasteiger partial charge < -0.3 is 9.64 Å². The molecule has 2 heterocycles. The molecular weight excluding hydrogens is 413 g/mol. The van der Waals surface area contributed by atoms with E-state index in [1.54, 1.807) is 26.8 Å². The van der Waals surface area contributed by atoms with Crippen molar-refractivity contribution in [2.75, 3.05) is 13.2 Å². The number of likely N-dealkylation sites (N-methyl/N-ethyl adjacent to an activating group) is 1. The van der Waals surface area contributed by atoms with Crippen LogP contribution in [0.4, 0.5) is 13.2 Å². The number of carbonyl (C=O) groups is 1. The van der Waals surface area contributed by atoms with Gasteiger partial charge >= 0.3 is 6.18 Å². The molecule has 2 rings (SSSR count).